The predicted octanol–water partition coefficient (Wildman–Crippen LogP) is 1.49. The summed E-state index contributed by atoms with van der Waals surface area (Å²) in [5, 5.41) is 0. The minimum absolute atomic E-state index is 0.0234. The smallest absolute Gasteiger partial charge is 0.274 e. The molecule has 1 saturated carbocycles. The number of carbonyl (C=O) groups is 1. The van der Waals surface area contributed by atoms with E-state index in [9.17, 15) is 4.79 Å². The van der Waals surface area contributed by atoms with Crippen LogP contribution in [0.3, 0.4) is 0 Å². The van der Waals surface area contributed by atoms with Crippen LogP contribution in [0.2, 0.25) is 0 Å². The van der Waals surface area contributed by atoms with Crippen LogP contribution in [0.5, 0.6) is 0 Å². The molecule has 0 radical (unpaired) electrons. The molecule has 1 aromatic rings. The Morgan fingerprint density at radius 2 is 2.16 bits per heavy atom. The minimum atomic E-state index is 0.0234. The standard InChI is InChI=1S/C14H24N4O/c1-11-3-5-12(6-4-11)17(2)14(19)13-9-18(8-7-15)10-16-13/h9-12H,3-8,15H2,1-2H3. The van der Waals surface area contributed by atoms with E-state index in [1.54, 1.807) is 12.5 Å². The van der Waals surface area contributed by atoms with Gasteiger partial charge in [0, 0.05) is 32.4 Å². The van der Waals surface area contributed by atoms with E-state index in [1.807, 2.05) is 16.5 Å². The normalized spacial score (nSPS) is 23.3. The average molecular weight is 264 g/mol. The monoisotopic (exact) mass is 264 g/mol. The molecule has 19 heavy (non-hydrogen) atoms. The van der Waals surface area contributed by atoms with Crippen molar-refractivity contribution in [2.45, 2.75) is 45.2 Å². The summed E-state index contributed by atoms with van der Waals surface area (Å²) in [6.45, 7) is 3.54. The lowest BCUT2D eigenvalue weighted by Crippen LogP contribution is -2.39. The fourth-order valence-corrected chi connectivity index (χ4v) is 2.72. The Kier molecular flexibility index (Phi) is 4.58. The van der Waals surface area contributed by atoms with E-state index >= 15 is 0 Å². The molecule has 0 bridgehead atoms. The molecule has 0 aromatic carbocycles. The molecular weight excluding hydrogens is 240 g/mol. The Morgan fingerprint density at radius 3 is 2.79 bits per heavy atom. The van der Waals surface area contributed by atoms with E-state index < -0.39 is 0 Å². The predicted molar refractivity (Wildman–Crippen MR) is 74.8 cm³/mol. The summed E-state index contributed by atoms with van der Waals surface area (Å²) in [5.74, 6) is 0.818. The lowest BCUT2D eigenvalue weighted by molar-refractivity contribution is 0.0674. The molecule has 1 aromatic heterocycles. The van der Waals surface area contributed by atoms with Crippen molar-refractivity contribution in [2.24, 2.45) is 11.7 Å². The number of rotatable bonds is 4. The summed E-state index contributed by atoms with van der Waals surface area (Å²) in [6, 6.07) is 0.364. The molecule has 5 heteroatoms. The van der Waals surface area contributed by atoms with Crippen LogP contribution in [0.25, 0.3) is 0 Å². The number of amides is 1. The second kappa shape index (κ2) is 6.19. The quantitative estimate of drug-likeness (QED) is 0.896. The maximum absolute atomic E-state index is 12.4. The maximum atomic E-state index is 12.4. The van der Waals surface area contributed by atoms with Crippen molar-refractivity contribution in [3.05, 3.63) is 18.2 Å². The number of imidazole rings is 1. The average Bonchev–Trinajstić information content (AvgIpc) is 2.87. The molecule has 0 unspecified atom stereocenters. The fraction of sp³-hybridized carbons (Fsp3) is 0.714. The minimum Gasteiger partial charge on any atom is -0.337 e. The third kappa shape index (κ3) is 3.35. The van der Waals surface area contributed by atoms with Crippen molar-refractivity contribution in [2.75, 3.05) is 13.6 Å². The van der Waals surface area contributed by atoms with Gasteiger partial charge in [0.25, 0.3) is 5.91 Å². The highest BCUT2D eigenvalue weighted by atomic mass is 16.2. The number of hydrogen-bond acceptors (Lipinski definition) is 3. The molecular formula is C14H24N4O. The van der Waals surface area contributed by atoms with E-state index in [-0.39, 0.29) is 5.91 Å². The van der Waals surface area contributed by atoms with Crippen molar-refractivity contribution in [3.63, 3.8) is 0 Å². The molecule has 106 valence electrons. The number of hydrogen-bond donors (Lipinski definition) is 1. The first kappa shape index (κ1) is 14.1. The zero-order valence-corrected chi connectivity index (χ0v) is 11.9. The molecule has 1 heterocycles. The first-order chi connectivity index (χ1) is 9.11. The summed E-state index contributed by atoms with van der Waals surface area (Å²) < 4.78 is 1.87. The van der Waals surface area contributed by atoms with Crippen molar-refractivity contribution in [1.29, 1.82) is 0 Å². The number of nitrogens with two attached hydrogens (primary N) is 1. The number of carbonyl (C=O) groups excluding carboxylic acids is 1. The summed E-state index contributed by atoms with van der Waals surface area (Å²) >= 11 is 0. The third-order valence-electron chi connectivity index (χ3n) is 4.09. The van der Waals surface area contributed by atoms with Gasteiger partial charge in [0.2, 0.25) is 0 Å². The van der Waals surface area contributed by atoms with Crippen LogP contribution in [0.1, 0.15) is 43.1 Å². The fourth-order valence-electron chi connectivity index (χ4n) is 2.72. The van der Waals surface area contributed by atoms with Gasteiger partial charge in [-0.2, -0.15) is 0 Å². The van der Waals surface area contributed by atoms with Crippen LogP contribution in [0, 0.1) is 5.92 Å². The first-order valence-corrected chi connectivity index (χ1v) is 7.10. The molecule has 1 amide bonds. The van der Waals surface area contributed by atoms with E-state index in [4.69, 9.17) is 5.73 Å². The zero-order chi connectivity index (χ0) is 13.8. The summed E-state index contributed by atoms with van der Waals surface area (Å²) in [5.41, 5.74) is 6.01. The molecule has 2 N–H and O–H groups in total. The maximum Gasteiger partial charge on any atom is 0.274 e. The van der Waals surface area contributed by atoms with Gasteiger partial charge >= 0.3 is 0 Å². The SMILES string of the molecule is CC1CCC(N(C)C(=O)c2cn(CCN)cn2)CC1. The summed E-state index contributed by atoms with van der Waals surface area (Å²) in [6.07, 6.45) is 8.10. The summed E-state index contributed by atoms with van der Waals surface area (Å²) in [4.78, 5) is 18.4. The third-order valence-corrected chi connectivity index (χ3v) is 4.09. The topological polar surface area (TPSA) is 64.2 Å². The highest BCUT2D eigenvalue weighted by Crippen LogP contribution is 2.27. The summed E-state index contributed by atoms with van der Waals surface area (Å²) in [7, 11) is 1.89. The molecule has 1 aliphatic carbocycles. The van der Waals surface area contributed by atoms with Crippen LogP contribution in [-0.2, 0) is 6.54 Å². The Morgan fingerprint density at radius 1 is 1.47 bits per heavy atom. The second-order valence-corrected chi connectivity index (χ2v) is 5.62. The van der Waals surface area contributed by atoms with Gasteiger partial charge < -0.3 is 15.2 Å². The number of aromatic nitrogens is 2. The van der Waals surface area contributed by atoms with Gasteiger partial charge in [-0.15, -0.1) is 0 Å². The molecule has 2 rings (SSSR count). The van der Waals surface area contributed by atoms with Crippen LogP contribution < -0.4 is 5.73 Å². The molecule has 0 spiro atoms. The highest BCUT2D eigenvalue weighted by Gasteiger charge is 2.26. The van der Waals surface area contributed by atoms with Crippen LogP contribution >= 0.6 is 0 Å². The Bertz CT molecular complexity index is 421. The molecule has 0 aliphatic heterocycles. The van der Waals surface area contributed by atoms with E-state index in [0.717, 1.165) is 18.8 Å². The highest BCUT2D eigenvalue weighted by molar-refractivity contribution is 5.92. The number of nitrogens with zero attached hydrogens (tertiary/aromatic N) is 3. The van der Waals surface area contributed by atoms with E-state index in [1.165, 1.54) is 12.8 Å². The Labute approximate surface area is 114 Å². The van der Waals surface area contributed by atoms with Crippen LogP contribution in [0.4, 0.5) is 0 Å². The van der Waals surface area contributed by atoms with Gasteiger partial charge in [-0.1, -0.05) is 6.92 Å². The first-order valence-electron chi connectivity index (χ1n) is 7.10. The van der Waals surface area contributed by atoms with Gasteiger partial charge in [0.05, 0.1) is 6.33 Å². The Balaban J connectivity index is 1.97. The molecule has 5 nitrogen and oxygen atoms in total. The van der Waals surface area contributed by atoms with E-state index in [2.05, 4.69) is 11.9 Å². The van der Waals surface area contributed by atoms with Crippen molar-refractivity contribution >= 4 is 5.91 Å². The molecule has 0 atom stereocenters. The van der Waals surface area contributed by atoms with Gasteiger partial charge in [-0.3, -0.25) is 4.79 Å². The van der Waals surface area contributed by atoms with Crippen molar-refractivity contribution in [1.82, 2.24) is 14.5 Å². The Hall–Kier alpha value is -1.36. The lowest BCUT2D eigenvalue weighted by Gasteiger charge is -2.33. The molecule has 1 fully saturated rings. The largest absolute Gasteiger partial charge is 0.337 e. The van der Waals surface area contributed by atoms with Gasteiger partial charge in [-0.25, -0.2) is 4.98 Å². The second-order valence-electron chi connectivity index (χ2n) is 5.62. The van der Waals surface area contributed by atoms with Crippen LogP contribution in [0.15, 0.2) is 12.5 Å². The van der Waals surface area contributed by atoms with Crippen molar-refractivity contribution in [3.8, 4) is 0 Å². The molecule has 1 aliphatic rings. The van der Waals surface area contributed by atoms with Gasteiger partial charge in [-0.05, 0) is 31.6 Å². The molecule has 0 saturated heterocycles. The lowest BCUT2D eigenvalue weighted by atomic mass is 9.86. The van der Waals surface area contributed by atoms with E-state index in [0.29, 0.717) is 24.8 Å². The van der Waals surface area contributed by atoms with Crippen LogP contribution in [-0.4, -0.2) is 40.0 Å². The van der Waals surface area contributed by atoms with Gasteiger partial charge in [0.1, 0.15) is 5.69 Å². The van der Waals surface area contributed by atoms with Gasteiger partial charge in [0.15, 0.2) is 0 Å². The van der Waals surface area contributed by atoms with Crippen molar-refractivity contribution < 1.29 is 4.79 Å². The zero-order valence-electron chi connectivity index (χ0n) is 11.9.